The summed E-state index contributed by atoms with van der Waals surface area (Å²) < 4.78 is 11.3. The number of carbonyl (C=O) groups excluding carboxylic acids is 1. The molecule has 0 unspecified atom stereocenters. The number of nitrogens with one attached hydrogen (secondary N) is 1. The van der Waals surface area contributed by atoms with Crippen LogP contribution in [0.4, 0.5) is 5.69 Å². The van der Waals surface area contributed by atoms with Gasteiger partial charge in [0.25, 0.3) is 0 Å². The summed E-state index contributed by atoms with van der Waals surface area (Å²) in [6.07, 6.45) is 2.96. The molecule has 0 aliphatic carbocycles. The predicted molar refractivity (Wildman–Crippen MR) is 107 cm³/mol. The van der Waals surface area contributed by atoms with Crippen LogP contribution in [0, 0.1) is 0 Å². The zero-order valence-corrected chi connectivity index (χ0v) is 16.3. The molecule has 0 aliphatic rings. The molecule has 1 N–H and O–H groups in total. The van der Waals surface area contributed by atoms with Crippen molar-refractivity contribution in [2.45, 2.75) is 32.6 Å². The van der Waals surface area contributed by atoms with E-state index in [1.165, 1.54) is 0 Å². The average molecular weight is 396 g/mol. The molecular weight excluding hydrogens is 373 g/mol. The van der Waals surface area contributed by atoms with Crippen molar-refractivity contribution in [2.75, 3.05) is 18.5 Å². The highest BCUT2D eigenvalue weighted by molar-refractivity contribution is 6.35. The number of rotatable bonds is 10. The summed E-state index contributed by atoms with van der Waals surface area (Å²) in [7, 11) is 0. The number of hydrogen-bond acceptors (Lipinski definition) is 3. The van der Waals surface area contributed by atoms with Gasteiger partial charge < -0.3 is 14.8 Å². The van der Waals surface area contributed by atoms with Gasteiger partial charge in [0.2, 0.25) is 5.91 Å². The molecule has 0 saturated heterocycles. The van der Waals surface area contributed by atoms with Crippen LogP contribution in [-0.2, 0) is 4.79 Å². The van der Waals surface area contributed by atoms with Gasteiger partial charge in [-0.3, -0.25) is 4.79 Å². The number of benzene rings is 2. The Labute approximate surface area is 164 Å². The number of ether oxygens (including phenoxy) is 2. The molecular formula is C20H23Cl2NO3. The summed E-state index contributed by atoms with van der Waals surface area (Å²) in [6, 6.07) is 12.5. The number of amides is 1. The second-order valence-electron chi connectivity index (χ2n) is 5.77. The molecule has 0 radical (unpaired) electrons. The first kappa shape index (κ1) is 20.4. The minimum atomic E-state index is -0.0812. The molecule has 2 aromatic rings. The van der Waals surface area contributed by atoms with Gasteiger partial charge in [-0.05, 0) is 43.2 Å². The van der Waals surface area contributed by atoms with Gasteiger partial charge in [-0.1, -0.05) is 48.7 Å². The monoisotopic (exact) mass is 395 g/mol. The number of carbonyl (C=O) groups is 1. The highest BCUT2D eigenvalue weighted by Crippen LogP contribution is 2.28. The molecule has 4 nitrogen and oxygen atoms in total. The molecule has 1 amide bonds. The fourth-order valence-corrected chi connectivity index (χ4v) is 2.71. The van der Waals surface area contributed by atoms with Crippen LogP contribution in [0.3, 0.4) is 0 Å². The fourth-order valence-electron chi connectivity index (χ4n) is 2.24. The molecule has 0 fully saturated rings. The molecule has 0 aliphatic heterocycles. The van der Waals surface area contributed by atoms with E-state index in [0.717, 1.165) is 12.8 Å². The summed E-state index contributed by atoms with van der Waals surface area (Å²) in [4.78, 5) is 12.2. The van der Waals surface area contributed by atoms with E-state index in [1.54, 1.807) is 18.2 Å². The van der Waals surface area contributed by atoms with Crippen LogP contribution in [0.2, 0.25) is 10.0 Å². The first-order valence-electron chi connectivity index (χ1n) is 8.69. The van der Waals surface area contributed by atoms with Crippen LogP contribution >= 0.6 is 23.2 Å². The first-order valence-corrected chi connectivity index (χ1v) is 9.45. The van der Waals surface area contributed by atoms with Crippen LogP contribution in [0.1, 0.15) is 32.6 Å². The van der Waals surface area contributed by atoms with E-state index in [-0.39, 0.29) is 5.91 Å². The zero-order valence-electron chi connectivity index (χ0n) is 14.8. The largest absolute Gasteiger partial charge is 0.492 e. The minimum absolute atomic E-state index is 0.0812. The maximum absolute atomic E-state index is 12.2. The van der Waals surface area contributed by atoms with Crippen molar-refractivity contribution in [3.05, 3.63) is 52.5 Å². The Bertz CT molecular complexity index is 722. The van der Waals surface area contributed by atoms with E-state index in [1.807, 2.05) is 24.3 Å². The molecule has 0 atom stereocenters. The topological polar surface area (TPSA) is 47.6 Å². The van der Waals surface area contributed by atoms with Gasteiger partial charge in [-0.2, -0.15) is 0 Å². The number of halogens is 2. The standard InChI is InChI=1S/C20H23Cl2NO3/c1-2-3-12-26-19-8-5-4-7-17(19)23-20(24)9-6-13-25-18-11-10-15(21)14-16(18)22/h4-5,7-8,10-11,14H,2-3,6,9,12-13H2,1H3,(H,23,24). The summed E-state index contributed by atoms with van der Waals surface area (Å²) >= 11 is 11.9. The van der Waals surface area contributed by atoms with Gasteiger partial charge in [0.1, 0.15) is 11.5 Å². The quantitative estimate of drug-likeness (QED) is 0.504. The number of hydrogen-bond donors (Lipinski definition) is 1. The lowest BCUT2D eigenvalue weighted by Crippen LogP contribution is -2.14. The molecule has 2 rings (SSSR count). The predicted octanol–water partition coefficient (Wildman–Crippen LogP) is 5.97. The molecule has 140 valence electrons. The highest BCUT2D eigenvalue weighted by Gasteiger charge is 2.08. The Morgan fingerprint density at radius 1 is 1.00 bits per heavy atom. The number of anilines is 1. The second-order valence-corrected chi connectivity index (χ2v) is 6.62. The van der Waals surface area contributed by atoms with E-state index in [4.69, 9.17) is 32.7 Å². The molecule has 6 heteroatoms. The second kappa shape index (κ2) is 10.9. The summed E-state index contributed by atoms with van der Waals surface area (Å²) in [6.45, 7) is 3.14. The highest BCUT2D eigenvalue weighted by atomic mass is 35.5. The maximum Gasteiger partial charge on any atom is 0.224 e. The molecule has 2 aromatic carbocycles. The summed E-state index contributed by atoms with van der Waals surface area (Å²) in [5, 5.41) is 3.91. The summed E-state index contributed by atoms with van der Waals surface area (Å²) in [5.41, 5.74) is 0.690. The molecule has 0 bridgehead atoms. The van der Waals surface area contributed by atoms with Crippen molar-refractivity contribution in [3.63, 3.8) is 0 Å². The van der Waals surface area contributed by atoms with Crippen LogP contribution in [-0.4, -0.2) is 19.1 Å². The van der Waals surface area contributed by atoms with E-state index in [0.29, 0.717) is 53.3 Å². The number of para-hydroxylation sites is 2. The molecule has 0 spiro atoms. The Morgan fingerprint density at radius 3 is 2.50 bits per heavy atom. The number of unbranched alkanes of at least 4 members (excludes halogenated alkanes) is 1. The van der Waals surface area contributed by atoms with Gasteiger partial charge >= 0.3 is 0 Å². The smallest absolute Gasteiger partial charge is 0.224 e. The van der Waals surface area contributed by atoms with Gasteiger partial charge in [-0.15, -0.1) is 0 Å². The Kier molecular flexibility index (Phi) is 8.59. The maximum atomic E-state index is 12.2. The molecule has 26 heavy (non-hydrogen) atoms. The Balaban J connectivity index is 1.76. The van der Waals surface area contributed by atoms with E-state index >= 15 is 0 Å². The fraction of sp³-hybridized carbons (Fsp3) is 0.350. The zero-order chi connectivity index (χ0) is 18.8. The van der Waals surface area contributed by atoms with Gasteiger partial charge in [-0.25, -0.2) is 0 Å². The lowest BCUT2D eigenvalue weighted by atomic mass is 10.2. The van der Waals surface area contributed by atoms with Crippen LogP contribution < -0.4 is 14.8 Å². The Hall–Kier alpha value is -1.91. The molecule has 0 heterocycles. The van der Waals surface area contributed by atoms with Gasteiger partial charge in [0, 0.05) is 11.4 Å². The van der Waals surface area contributed by atoms with Crippen LogP contribution in [0.25, 0.3) is 0 Å². The lowest BCUT2D eigenvalue weighted by molar-refractivity contribution is -0.116. The molecule has 0 aromatic heterocycles. The van der Waals surface area contributed by atoms with Gasteiger partial charge in [0.05, 0.1) is 23.9 Å². The molecule has 0 saturated carbocycles. The third-order valence-corrected chi connectivity index (χ3v) is 4.15. The van der Waals surface area contributed by atoms with Crippen molar-refractivity contribution in [2.24, 2.45) is 0 Å². The van der Waals surface area contributed by atoms with Crippen molar-refractivity contribution >= 4 is 34.8 Å². The third-order valence-electron chi connectivity index (χ3n) is 3.62. The summed E-state index contributed by atoms with van der Waals surface area (Å²) in [5.74, 6) is 1.17. The van der Waals surface area contributed by atoms with Crippen LogP contribution in [0.5, 0.6) is 11.5 Å². The van der Waals surface area contributed by atoms with Crippen molar-refractivity contribution in [3.8, 4) is 11.5 Å². The van der Waals surface area contributed by atoms with Crippen LogP contribution in [0.15, 0.2) is 42.5 Å². The SMILES string of the molecule is CCCCOc1ccccc1NC(=O)CCCOc1ccc(Cl)cc1Cl. The minimum Gasteiger partial charge on any atom is -0.492 e. The van der Waals surface area contributed by atoms with Crippen molar-refractivity contribution in [1.82, 2.24) is 0 Å². The lowest BCUT2D eigenvalue weighted by Gasteiger charge is -2.12. The van der Waals surface area contributed by atoms with E-state index < -0.39 is 0 Å². The Morgan fingerprint density at radius 2 is 1.73 bits per heavy atom. The van der Waals surface area contributed by atoms with Crippen molar-refractivity contribution < 1.29 is 14.3 Å². The normalized spacial score (nSPS) is 10.4. The third kappa shape index (κ3) is 6.77. The first-order chi connectivity index (χ1) is 12.6. The average Bonchev–Trinajstić information content (AvgIpc) is 2.62. The van der Waals surface area contributed by atoms with Crippen molar-refractivity contribution in [1.29, 1.82) is 0 Å². The van der Waals surface area contributed by atoms with Gasteiger partial charge in [0.15, 0.2) is 0 Å². The van der Waals surface area contributed by atoms with E-state index in [2.05, 4.69) is 12.2 Å². The van der Waals surface area contributed by atoms with E-state index in [9.17, 15) is 4.79 Å².